The lowest BCUT2D eigenvalue weighted by Crippen LogP contribution is -2.27. The molecule has 2 rings (SSSR count). The van der Waals surface area contributed by atoms with E-state index >= 15 is 0 Å². The standard InChI is InChI=1S/C13H16FN3O/c14-10-2-3-12-11(7-10)9(8-17-12)6-13(18)16-5-1-4-15/h2-3,7-8,17H,1,4-6,15H2,(H,16,18). The first-order valence-corrected chi connectivity index (χ1v) is 5.93. The first-order valence-electron chi connectivity index (χ1n) is 5.93. The molecule has 4 N–H and O–H groups in total. The minimum Gasteiger partial charge on any atom is -0.361 e. The van der Waals surface area contributed by atoms with Gasteiger partial charge in [0.05, 0.1) is 6.42 Å². The summed E-state index contributed by atoms with van der Waals surface area (Å²) in [5.74, 6) is -0.375. The van der Waals surface area contributed by atoms with Crippen molar-refractivity contribution < 1.29 is 9.18 Å². The maximum atomic E-state index is 13.2. The maximum absolute atomic E-state index is 13.2. The quantitative estimate of drug-likeness (QED) is 0.699. The normalized spacial score (nSPS) is 10.8. The van der Waals surface area contributed by atoms with Gasteiger partial charge in [-0.3, -0.25) is 4.79 Å². The van der Waals surface area contributed by atoms with E-state index in [2.05, 4.69) is 10.3 Å². The molecule has 0 atom stereocenters. The number of rotatable bonds is 5. The predicted molar refractivity (Wildman–Crippen MR) is 68.6 cm³/mol. The zero-order valence-corrected chi connectivity index (χ0v) is 10.0. The molecule has 1 heterocycles. The summed E-state index contributed by atoms with van der Waals surface area (Å²) in [5.41, 5.74) is 6.98. The number of aromatic amines is 1. The molecule has 0 saturated carbocycles. The average Bonchev–Trinajstić information content (AvgIpc) is 2.72. The summed E-state index contributed by atoms with van der Waals surface area (Å²) in [4.78, 5) is 14.7. The summed E-state index contributed by atoms with van der Waals surface area (Å²) in [7, 11) is 0. The van der Waals surface area contributed by atoms with Crippen LogP contribution in [0.3, 0.4) is 0 Å². The molecule has 0 aliphatic rings. The smallest absolute Gasteiger partial charge is 0.224 e. The molecule has 0 unspecified atom stereocenters. The van der Waals surface area contributed by atoms with Crippen molar-refractivity contribution in [2.24, 2.45) is 5.73 Å². The second-order valence-corrected chi connectivity index (χ2v) is 4.17. The second kappa shape index (κ2) is 5.64. The van der Waals surface area contributed by atoms with Gasteiger partial charge >= 0.3 is 0 Å². The number of fused-ring (bicyclic) bond motifs is 1. The van der Waals surface area contributed by atoms with Crippen molar-refractivity contribution in [1.82, 2.24) is 10.3 Å². The van der Waals surface area contributed by atoms with Gasteiger partial charge in [-0.25, -0.2) is 4.39 Å². The average molecular weight is 249 g/mol. The summed E-state index contributed by atoms with van der Waals surface area (Å²) in [5, 5.41) is 3.53. The molecule has 0 saturated heterocycles. The van der Waals surface area contributed by atoms with Gasteiger partial charge in [0.1, 0.15) is 5.82 Å². The lowest BCUT2D eigenvalue weighted by atomic mass is 10.1. The zero-order chi connectivity index (χ0) is 13.0. The minimum absolute atomic E-state index is 0.0754. The summed E-state index contributed by atoms with van der Waals surface area (Å²) in [6.45, 7) is 1.13. The third-order valence-corrected chi connectivity index (χ3v) is 2.78. The van der Waals surface area contributed by atoms with Crippen LogP contribution in [0, 0.1) is 5.82 Å². The number of benzene rings is 1. The summed E-state index contributed by atoms with van der Waals surface area (Å²) in [6, 6.07) is 4.50. The molecule has 2 aromatic rings. The van der Waals surface area contributed by atoms with Crippen LogP contribution >= 0.6 is 0 Å². The fraction of sp³-hybridized carbons (Fsp3) is 0.308. The Morgan fingerprint density at radius 3 is 3.06 bits per heavy atom. The molecule has 0 fully saturated rings. The van der Waals surface area contributed by atoms with Crippen molar-refractivity contribution in [2.45, 2.75) is 12.8 Å². The van der Waals surface area contributed by atoms with Crippen LogP contribution < -0.4 is 11.1 Å². The number of carbonyl (C=O) groups excluding carboxylic acids is 1. The van der Waals surface area contributed by atoms with E-state index in [0.29, 0.717) is 13.1 Å². The third kappa shape index (κ3) is 2.87. The molecule has 0 spiro atoms. The van der Waals surface area contributed by atoms with E-state index in [1.807, 2.05) is 0 Å². The first-order chi connectivity index (χ1) is 8.70. The van der Waals surface area contributed by atoms with Gasteiger partial charge < -0.3 is 16.0 Å². The molecule has 1 aromatic heterocycles. The van der Waals surface area contributed by atoms with E-state index in [1.165, 1.54) is 12.1 Å². The highest BCUT2D eigenvalue weighted by atomic mass is 19.1. The number of H-pyrrole nitrogens is 1. The van der Waals surface area contributed by atoms with Crippen molar-refractivity contribution in [3.8, 4) is 0 Å². The molecule has 0 aliphatic carbocycles. The van der Waals surface area contributed by atoms with Crippen LogP contribution in [0.1, 0.15) is 12.0 Å². The Labute approximate surface area is 104 Å². The van der Waals surface area contributed by atoms with Crippen molar-refractivity contribution >= 4 is 16.8 Å². The van der Waals surface area contributed by atoms with E-state index in [1.54, 1.807) is 12.3 Å². The topological polar surface area (TPSA) is 70.9 Å². The van der Waals surface area contributed by atoms with Crippen LogP contribution in [0.15, 0.2) is 24.4 Å². The Balaban J connectivity index is 2.07. The van der Waals surface area contributed by atoms with Gasteiger partial charge in [-0.05, 0) is 36.7 Å². The number of amides is 1. The Hall–Kier alpha value is -1.88. The number of carbonyl (C=O) groups is 1. The monoisotopic (exact) mass is 249 g/mol. The van der Waals surface area contributed by atoms with E-state index in [4.69, 9.17) is 5.73 Å². The van der Waals surface area contributed by atoms with Crippen LogP contribution in [0.5, 0.6) is 0 Å². The molecule has 96 valence electrons. The predicted octanol–water partition coefficient (Wildman–Crippen LogP) is 1.31. The first kappa shape index (κ1) is 12.6. The molecule has 0 bridgehead atoms. The highest BCUT2D eigenvalue weighted by Gasteiger charge is 2.09. The van der Waals surface area contributed by atoms with Crippen LogP contribution in [0.25, 0.3) is 10.9 Å². The third-order valence-electron chi connectivity index (χ3n) is 2.78. The number of halogens is 1. The molecular weight excluding hydrogens is 233 g/mol. The Bertz CT molecular complexity index is 550. The SMILES string of the molecule is NCCCNC(=O)Cc1c[nH]c2ccc(F)cc12. The van der Waals surface area contributed by atoms with Crippen LogP contribution in [0.4, 0.5) is 4.39 Å². The van der Waals surface area contributed by atoms with Crippen molar-refractivity contribution in [3.63, 3.8) is 0 Å². The lowest BCUT2D eigenvalue weighted by molar-refractivity contribution is -0.120. The Morgan fingerprint density at radius 1 is 1.44 bits per heavy atom. The van der Waals surface area contributed by atoms with E-state index < -0.39 is 0 Å². The van der Waals surface area contributed by atoms with E-state index in [9.17, 15) is 9.18 Å². The summed E-state index contributed by atoms with van der Waals surface area (Å²) in [6.07, 6.45) is 2.74. The highest BCUT2D eigenvalue weighted by Crippen LogP contribution is 2.19. The van der Waals surface area contributed by atoms with Gasteiger partial charge in [0, 0.05) is 23.6 Å². The van der Waals surface area contributed by atoms with Gasteiger partial charge in [0.25, 0.3) is 0 Å². The van der Waals surface area contributed by atoms with Gasteiger partial charge in [-0.15, -0.1) is 0 Å². The molecule has 4 nitrogen and oxygen atoms in total. The van der Waals surface area contributed by atoms with Crippen LogP contribution in [0.2, 0.25) is 0 Å². The largest absolute Gasteiger partial charge is 0.361 e. The highest BCUT2D eigenvalue weighted by molar-refractivity contribution is 5.88. The summed E-state index contributed by atoms with van der Waals surface area (Å²) < 4.78 is 13.2. The number of hydrogen-bond donors (Lipinski definition) is 3. The second-order valence-electron chi connectivity index (χ2n) is 4.17. The summed E-state index contributed by atoms with van der Waals surface area (Å²) >= 11 is 0. The molecule has 1 amide bonds. The van der Waals surface area contributed by atoms with Crippen molar-refractivity contribution in [2.75, 3.05) is 13.1 Å². The van der Waals surface area contributed by atoms with Gasteiger partial charge in [0.15, 0.2) is 0 Å². The Morgan fingerprint density at radius 2 is 2.28 bits per heavy atom. The molecule has 18 heavy (non-hydrogen) atoms. The van der Waals surface area contributed by atoms with Gasteiger partial charge in [-0.2, -0.15) is 0 Å². The van der Waals surface area contributed by atoms with Gasteiger partial charge in [-0.1, -0.05) is 0 Å². The maximum Gasteiger partial charge on any atom is 0.224 e. The van der Waals surface area contributed by atoms with E-state index in [0.717, 1.165) is 22.9 Å². The van der Waals surface area contributed by atoms with Crippen LogP contribution in [-0.2, 0) is 11.2 Å². The van der Waals surface area contributed by atoms with Gasteiger partial charge in [0.2, 0.25) is 5.91 Å². The fourth-order valence-corrected chi connectivity index (χ4v) is 1.86. The number of aromatic nitrogens is 1. The number of hydrogen-bond acceptors (Lipinski definition) is 2. The molecular formula is C13H16FN3O. The minimum atomic E-state index is -0.299. The number of nitrogens with two attached hydrogens (primary N) is 1. The van der Waals surface area contributed by atoms with Crippen molar-refractivity contribution in [1.29, 1.82) is 0 Å². The van der Waals surface area contributed by atoms with Crippen LogP contribution in [-0.4, -0.2) is 24.0 Å². The fourth-order valence-electron chi connectivity index (χ4n) is 1.86. The molecule has 0 radical (unpaired) electrons. The van der Waals surface area contributed by atoms with Crippen molar-refractivity contribution in [3.05, 3.63) is 35.8 Å². The zero-order valence-electron chi connectivity index (χ0n) is 10.0. The number of nitrogens with one attached hydrogen (secondary N) is 2. The molecule has 0 aliphatic heterocycles. The lowest BCUT2D eigenvalue weighted by Gasteiger charge is -2.03. The molecule has 1 aromatic carbocycles. The molecule has 5 heteroatoms. The Kier molecular flexibility index (Phi) is 3.94. The van der Waals surface area contributed by atoms with E-state index in [-0.39, 0.29) is 18.1 Å².